The van der Waals surface area contributed by atoms with Gasteiger partial charge in [0.15, 0.2) is 0 Å². The van der Waals surface area contributed by atoms with Gasteiger partial charge < -0.3 is 4.90 Å². The Bertz CT molecular complexity index is 1430. The zero-order valence-corrected chi connectivity index (χ0v) is 21.2. The van der Waals surface area contributed by atoms with E-state index in [1.54, 1.807) is 36.4 Å². The molecule has 0 spiro atoms. The minimum absolute atomic E-state index is 0.0541. The summed E-state index contributed by atoms with van der Waals surface area (Å²) in [5.74, 6) is -0.695. The van der Waals surface area contributed by atoms with Gasteiger partial charge in [-0.15, -0.1) is 0 Å². The van der Waals surface area contributed by atoms with E-state index < -0.39 is 19.7 Å². The third-order valence-electron chi connectivity index (χ3n) is 5.45. The summed E-state index contributed by atoms with van der Waals surface area (Å²) >= 11 is 17.8. The Morgan fingerprint density at radius 1 is 0.882 bits per heavy atom. The molecule has 0 bridgehead atoms. The molecule has 1 aromatic heterocycles. The summed E-state index contributed by atoms with van der Waals surface area (Å²) in [5.41, 5.74) is 2.92. The average molecular weight is 536 g/mol. The zero-order chi connectivity index (χ0) is 24.5. The number of carbonyl (C=O) groups is 1. The van der Waals surface area contributed by atoms with Gasteiger partial charge in [0, 0.05) is 24.7 Å². The van der Waals surface area contributed by atoms with Crippen LogP contribution in [0.15, 0.2) is 90.0 Å². The fourth-order valence-corrected chi connectivity index (χ4v) is 5.50. The molecule has 1 heterocycles. The minimum Gasteiger partial charge on any atom is -0.330 e. The number of hydrogen-bond acceptors (Lipinski definition) is 3. The highest BCUT2D eigenvalue weighted by Crippen LogP contribution is 2.32. The van der Waals surface area contributed by atoms with Crippen LogP contribution in [0, 0.1) is 6.92 Å². The van der Waals surface area contributed by atoms with Crippen LogP contribution in [0.5, 0.6) is 0 Å². The maximum Gasteiger partial charge on any atom is 0.275 e. The summed E-state index contributed by atoms with van der Waals surface area (Å²) in [6.45, 7) is 2.14. The minimum atomic E-state index is -3.87. The molecule has 4 aromatic rings. The summed E-state index contributed by atoms with van der Waals surface area (Å²) < 4.78 is 26.0. The number of aryl methyl sites for hydroxylation is 1. The van der Waals surface area contributed by atoms with Crippen LogP contribution in [-0.2, 0) is 27.9 Å². The number of nitrogens with zero attached hydrogens (tertiary/aromatic N) is 2. The van der Waals surface area contributed by atoms with E-state index in [1.165, 1.54) is 15.1 Å². The van der Waals surface area contributed by atoms with Gasteiger partial charge in [0.05, 0.1) is 10.4 Å². The molecule has 0 atom stereocenters. The third kappa shape index (κ3) is 5.10. The van der Waals surface area contributed by atoms with E-state index in [9.17, 15) is 13.2 Å². The summed E-state index contributed by atoms with van der Waals surface area (Å²) in [7, 11) is -3.87. The van der Waals surface area contributed by atoms with Crippen LogP contribution in [0.3, 0.4) is 0 Å². The molecule has 34 heavy (non-hydrogen) atoms. The van der Waals surface area contributed by atoms with Gasteiger partial charge in [-0.3, -0.25) is 4.79 Å². The molecule has 1 amide bonds. The van der Waals surface area contributed by atoms with Gasteiger partial charge >= 0.3 is 0 Å². The number of alkyl halides is 3. The van der Waals surface area contributed by atoms with Crippen LogP contribution in [0.2, 0.25) is 0 Å². The normalized spacial score (nSPS) is 12.1. The second-order valence-electron chi connectivity index (χ2n) is 7.93. The van der Waals surface area contributed by atoms with E-state index in [-0.39, 0.29) is 18.0 Å². The van der Waals surface area contributed by atoms with Crippen LogP contribution < -0.4 is 0 Å². The van der Waals surface area contributed by atoms with Crippen LogP contribution >= 0.6 is 34.8 Å². The number of fused-ring (bicyclic) bond motifs is 1. The Kier molecular flexibility index (Phi) is 6.97. The number of rotatable bonds is 6. The Morgan fingerprint density at radius 3 is 2.15 bits per heavy atom. The maximum atomic E-state index is 13.5. The molecule has 9 heteroatoms. The molecule has 5 nitrogen and oxygen atoms in total. The smallest absolute Gasteiger partial charge is 0.275 e. The summed E-state index contributed by atoms with van der Waals surface area (Å²) in [5, 5.41) is 0.688. The largest absolute Gasteiger partial charge is 0.330 e. The molecule has 0 unspecified atom stereocenters. The summed E-state index contributed by atoms with van der Waals surface area (Å²) in [4.78, 5) is 14.6. The molecular weight excluding hydrogens is 515 g/mol. The Hall–Kier alpha value is -2.51. The molecule has 0 radical (unpaired) electrons. The molecule has 0 saturated carbocycles. The molecule has 0 fully saturated rings. The average Bonchev–Trinajstić information content (AvgIpc) is 3.18. The quantitative estimate of drug-likeness (QED) is 0.281. The Labute approximate surface area is 213 Å². The van der Waals surface area contributed by atoms with Crippen molar-refractivity contribution in [1.82, 2.24) is 8.87 Å². The molecule has 176 valence electrons. The van der Waals surface area contributed by atoms with Gasteiger partial charge in [-0.1, -0.05) is 101 Å². The van der Waals surface area contributed by atoms with Gasteiger partial charge in [0.25, 0.3) is 19.7 Å². The number of amides is 1. The highest BCUT2D eigenvalue weighted by atomic mass is 35.6. The predicted molar refractivity (Wildman–Crippen MR) is 137 cm³/mol. The predicted octanol–water partition coefficient (Wildman–Crippen LogP) is 6.09. The van der Waals surface area contributed by atoms with Gasteiger partial charge in [-0.25, -0.2) is 12.4 Å². The van der Waals surface area contributed by atoms with Crippen molar-refractivity contribution >= 4 is 61.6 Å². The summed E-state index contributed by atoms with van der Waals surface area (Å²) in [6, 6.07) is 23.1. The molecule has 0 aliphatic carbocycles. The number of aromatic nitrogens is 1. The van der Waals surface area contributed by atoms with Gasteiger partial charge in [-0.2, -0.15) is 0 Å². The van der Waals surface area contributed by atoms with Crippen LogP contribution in [-0.4, -0.2) is 27.0 Å². The van der Waals surface area contributed by atoms with Crippen molar-refractivity contribution in [2.75, 3.05) is 0 Å². The van der Waals surface area contributed by atoms with Gasteiger partial charge in [-0.05, 0) is 36.2 Å². The molecule has 0 aliphatic heterocycles. The SMILES string of the molecule is Cc1ccc(S(=O)(=O)n2cc(CN(Cc3ccccc3)C(=O)C(Cl)(Cl)Cl)c3ccccc32)cc1. The first-order valence-electron chi connectivity index (χ1n) is 10.4. The second kappa shape index (κ2) is 9.62. The van der Waals surface area contributed by atoms with Crippen molar-refractivity contribution in [1.29, 1.82) is 0 Å². The Morgan fingerprint density at radius 2 is 1.50 bits per heavy atom. The van der Waals surface area contributed by atoms with Crippen LogP contribution in [0.1, 0.15) is 16.7 Å². The van der Waals surface area contributed by atoms with E-state index in [0.29, 0.717) is 16.5 Å². The fourth-order valence-electron chi connectivity index (χ4n) is 3.75. The molecule has 0 saturated heterocycles. The first-order valence-corrected chi connectivity index (χ1v) is 13.0. The Balaban J connectivity index is 1.79. The molecule has 4 rings (SSSR count). The second-order valence-corrected chi connectivity index (χ2v) is 12.0. The highest BCUT2D eigenvalue weighted by molar-refractivity contribution is 7.90. The lowest BCUT2D eigenvalue weighted by molar-refractivity contribution is -0.131. The van der Waals surface area contributed by atoms with Gasteiger partial charge in [0.2, 0.25) is 0 Å². The van der Waals surface area contributed by atoms with Crippen molar-refractivity contribution in [2.45, 2.75) is 28.7 Å². The number of halogens is 3. The van der Waals surface area contributed by atoms with Crippen LogP contribution in [0.4, 0.5) is 0 Å². The van der Waals surface area contributed by atoms with Crippen molar-refractivity contribution in [3.8, 4) is 0 Å². The maximum absolute atomic E-state index is 13.5. The first kappa shape index (κ1) is 24.6. The lowest BCUT2D eigenvalue weighted by Gasteiger charge is -2.26. The van der Waals surface area contributed by atoms with Crippen molar-refractivity contribution < 1.29 is 13.2 Å². The lowest BCUT2D eigenvalue weighted by atomic mass is 10.1. The topological polar surface area (TPSA) is 59.4 Å². The monoisotopic (exact) mass is 534 g/mol. The van der Waals surface area contributed by atoms with E-state index in [0.717, 1.165) is 11.1 Å². The van der Waals surface area contributed by atoms with E-state index in [2.05, 4.69) is 0 Å². The first-order chi connectivity index (χ1) is 16.1. The number of carbonyl (C=O) groups excluding carboxylic acids is 1. The number of para-hydroxylation sites is 1. The van der Waals surface area contributed by atoms with E-state index in [1.807, 2.05) is 49.4 Å². The molecule has 3 aromatic carbocycles. The molecule has 0 aliphatic rings. The van der Waals surface area contributed by atoms with E-state index >= 15 is 0 Å². The number of hydrogen-bond donors (Lipinski definition) is 0. The molecular formula is C25H21Cl3N2O3S. The standard InChI is InChI=1S/C25H21Cl3N2O3S/c1-18-11-13-21(14-12-18)34(32,33)30-17-20(22-9-5-6-10-23(22)30)16-29(24(31)25(26,27)28)15-19-7-3-2-4-8-19/h2-14,17H,15-16H2,1H3. The highest BCUT2D eigenvalue weighted by Gasteiger charge is 2.36. The van der Waals surface area contributed by atoms with Gasteiger partial charge in [0.1, 0.15) is 0 Å². The number of benzene rings is 3. The summed E-state index contributed by atoms with van der Waals surface area (Å²) in [6.07, 6.45) is 1.53. The van der Waals surface area contributed by atoms with Crippen molar-refractivity contribution in [3.63, 3.8) is 0 Å². The zero-order valence-electron chi connectivity index (χ0n) is 18.2. The van der Waals surface area contributed by atoms with E-state index in [4.69, 9.17) is 34.8 Å². The lowest BCUT2D eigenvalue weighted by Crippen LogP contribution is -2.38. The van der Waals surface area contributed by atoms with Crippen molar-refractivity contribution in [3.05, 3.63) is 102 Å². The fraction of sp³-hybridized carbons (Fsp3) is 0.160. The van der Waals surface area contributed by atoms with Crippen LogP contribution in [0.25, 0.3) is 10.9 Å². The third-order valence-corrected chi connectivity index (χ3v) is 7.62. The molecule has 0 N–H and O–H groups in total. The van der Waals surface area contributed by atoms with Crippen molar-refractivity contribution in [2.24, 2.45) is 0 Å².